The molecule has 3 nitrogen and oxygen atoms in total. The summed E-state index contributed by atoms with van der Waals surface area (Å²) in [5.41, 5.74) is 0.640. The normalized spacial score (nSPS) is 25.2. The zero-order valence-electron chi connectivity index (χ0n) is 12.4. The van der Waals surface area contributed by atoms with E-state index in [1.165, 1.54) is 18.6 Å². The van der Waals surface area contributed by atoms with E-state index in [0.717, 1.165) is 13.1 Å². The van der Waals surface area contributed by atoms with Crippen molar-refractivity contribution in [1.82, 2.24) is 4.90 Å². The lowest BCUT2D eigenvalue weighted by Gasteiger charge is -2.38. The van der Waals surface area contributed by atoms with Gasteiger partial charge in [0.15, 0.2) is 0 Å². The van der Waals surface area contributed by atoms with Gasteiger partial charge in [0.2, 0.25) is 5.91 Å². The minimum absolute atomic E-state index is 0.0297. The van der Waals surface area contributed by atoms with Crippen molar-refractivity contribution in [3.8, 4) is 0 Å². The summed E-state index contributed by atoms with van der Waals surface area (Å²) in [5, 5.41) is 2.85. The first-order valence-corrected chi connectivity index (χ1v) is 7.26. The highest BCUT2D eigenvalue weighted by Crippen LogP contribution is 2.23. The molecule has 1 aromatic rings. The Morgan fingerprint density at radius 2 is 1.80 bits per heavy atom. The average Bonchev–Trinajstić information content (AvgIpc) is 2.39. The second kappa shape index (κ2) is 6.35. The van der Waals surface area contributed by atoms with E-state index in [-0.39, 0.29) is 17.8 Å². The summed E-state index contributed by atoms with van der Waals surface area (Å²) in [6.07, 6.45) is 1.23. The van der Waals surface area contributed by atoms with Crippen molar-refractivity contribution in [2.45, 2.75) is 33.2 Å². The maximum Gasteiger partial charge on any atom is 0.241 e. The van der Waals surface area contributed by atoms with Crippen LogP contribution in [0.4, 0.5) is 10.1 Å². The molecule has 110 valence electrons. The molecule has 1 saturated heterocycles. The van der Waals surface area contributed by atoms with Gasteiger partial charge < -0.3 is 5.32 Å². The lowest BCUT2D eigenvalue weighted by atomic mass is 9.91. The van der Waals surface area contributed by atoms with Crippen molar-refractivity contribution in [2.75, 3.05) is 18.4 Å². The van der Waals surface area contributed by atoms with Gasteiger partial charge in [-0.25, -0.2) is 4.39 Å². The van der Waals surface area contributed by atoms with E-state index in [1.54, 1.807) is 12.1 Å². The van der Waals surface area contributed by atoms with E-state index >= 15 is 0 Å². The van der Waals surface area contributed by atoms with Crippen LogP contribution in [-0.2, 0) is 4.79 Å². The van der Waals surface area contributed by atoms with Crippen LogP contribution < -0.4 is 5.32 Å². The Morgan fingerprint density at radius 3 is 2.35 bits per heavy atom. The molecule has 0 spiro atoms. The molecule has 1 aromatic carbocycles. The van der Waals surface area contributed by atoms with Crippen LogP contribution >= 0.6 is 0 Å². The molecule has 4 heteroatoms. The van der Waals surface area contributed by atoms with E-state index in [0.29, 0.717) is 17.5 Å². The fraction of sp³-hybridized carbons (Fsp3) is 0.562. The zero-order chi connectivity index (χ0) is 14.7. The fourth-order valence-corrected chi connectivity index (χ4v) is 2.97. The number of halogens is 1. The third kappa shape index (κ3) is 3.79. The Kier molecular flexibility index (Phi) is 4.76. The van der Waals surface area contributed by atoms with Gasteiger partial charge in [-0.3, -0.25) is 9.69 Å². The largest absolute Gasteiger partial charge is 0.325 e. The van der Waals surface area contributed by atoms with Gasteiger partial charge >= 0.3 is 0 Å². The number of carbonyl (C=O) groups excluding carboxylic acids is 1. The number of hydrogen-bond acceptors (Lipinski definition) is 2. The summed E-state index contributed by atoms with van der Waals surface area (Å²) >= 11 is 0. The Balaban J connectivity index is 1.96. The van der Waals surface area contributed by atoms with Crippen LogP contribution in [0.1, 0.15) is 27.2 Å². The molecule has 0 aromatic heterocycles. The first-order chi connectivity index (χ1) is 9.45. The first kappa shape index (κ1) is 15.0. The summed E-state index contributed by atoms with van der Waals surface area (Å²) in [7, 11) is 0. The lowest BCUT2D eigenvalue weighted by Crippen LogP contribution is -2.48. The molecule has 1 amide bonds. The van der Waals surface area contributed by atoms with Crippen molar-refractivity contribution in [1.29, 1.82) is 0 Å². The number of piperidine rings is 1. The highest BCUT2D eigenvalue weighted by atomic mass is 19.1. The van der Waals surface area contributed by atoms with Crippen molar-refractivity contribution in [2.24, 2.45) is 11.8 Å². The van der Waals surface area contributed by atoms with Crippen LogP contribution in [0.2, 0.25) is 0 Å². The SMILES string of the molecule is C[C@H]1C[C@H](C)CN([C@@H](C)C(=O)Nc2ccc(F)cc2)C1. The van der Waals surface area contributed by atoms with Crippen molar-refractivity contribution >= 4 is 11.6 Å². The molecule has 0 radical (unpaired) electrons. The van der Waals surface area contributed by atoms with Gasteiger partial charge in [0.25, 0.3) is 0 Å². The number of likely N-dealkylation sites (tertiary alicyclic amines) is 1. The molecule has 3 atom stereocenters. The topological polar surface area (TPSA) is 32.3 Å². The van der Waals surface area contributed by atoms with Gasteiger partial charge in [-0.2, -0.15) is 0 Å². The number of benzene rings is 1. The van der Waals surface area contributed by atoms with E-state index in [2.05, 4.69) is 24.1 Å². The van der Waals surface area contributed by atoms with E-state index < -0.39 is 0 Å². The molecule has 20 heavy (non-hydrogen) atoms. The number of hydrogen-bond donors (Lipinski definition) is 1. The molecule has 1 heterocycles. The number of nitrogens with zero attached hydrogens (tertiary/aromatic N) is 1. The number of carbonyl (C=O) groups is 1. The number of rotatable bonds is 3. The lowest BCUT2D eigenvalue weighted by molar-refractivity contribution is -0.121. The smallest absolute Gasteiger partial charge is 0.241 e. The highest BCUT2D eigenvalue weighted by Gasteiger charge is 2.28. The van der Waals surface area contributed by atoms with Crippen LogP contribution in [0.5, 0.6) is 0 Å². The maximum atomic E-state index is 12.8. The summed E-state index contributed by atoms with van der Waals surface area (Å²) < 4.78 is 12.8. The van der Waals surface area contributed by atoms with E-state index in [4.69, 9.17) is 0 Å². The van der Waals surface area contributed by atoms with Crippen LogP contribution in [0.25, 0.3) is 0 Å². The van der Waals surface area contributed by atoms with Gasteiger partial charge in [0.05, 0.1) is 6.04 Å². The molecule has 1 aliphatic heterocycles. The summed E-state index contributed by atoms with van der Waals surface area (Å²) in [6.45, 7) is 8.31. The average molecular weight is 278 g/mol. The number of anilines is 1. The Labute approximate surface area is 120 Å². The number of amides is 1. The van der Waals surface area contributed by atoms with Crippen molar-refractivity contribution in [3.05, 3.63) is 30.1 Å². The van der Waals surface area contributed by atoms with Gasteiger partial charge in [-0.05, 0) is 49.4 Å². The maximum absolute atomic E-state index is 12.8. The molecule has 0 aliphatic carbocycles. The molecule has 1 fully saturated rings. The predicted molar refractivity (Wildman–Crippen MR) is 79.0 cm³/mol. The molecule has 0 saturated carbocycles. The van der Waals surface area contributed by atoms with Gasteiger partial charge in [0, 0.05) is 18.8 Å². The van der Waals surface area contributed by atoms with Crippen molar-refractivity contribution in [3.63, 3.8) is 0 Å². The fourth-order valence-electron chi connectivity index (χ4n) is 2.97. The highest BCUT2D eigenvalue weighted by molar-refractivity contribution is 5.94. The predicted octanol–water partition coefficient (Wildman–Crippen LogP) is 3.13. The number of nitrogens with one attached hydrogen (secondary N) is 1. The van der Waals surface area contributed by atoms with Crippen LogP contribution in [0, 0.1) is 17.7 Å². The van der Waals surface area contributed by atoms with Crippen molar-refractivity contribution < 1.29 is 9.18 Å². The van der Waals surface area contributed by atoms with Gasteiger partial charge in [-0.1, -0.05) is 13.8 Å². The molecule has 1 aliphatic rings. The molecule has 2 rings (SSSR count). The Hall–Kier alpha value is -1.42. The van der Waals surface area contributed by atoms with Crippen LogP contribution in [-0.4, -0.2) is 29.9 Å². The summed E-state index contributed by atoms with van der Waals surface area (Å²) in [6, 6.07) is 5.71. The van der Waals surface area contributed by atoms with Gasteiger partial charge in [-0.15, -0.1) is 0 Å². The van der Waals surface area contributed by atoms with E-state index in [1.807, 2.05) is 6.92 Å². The minimum Gasteiger partial charge on any atom is -0.325 e. The third-order valence-corrected chi connectivity index (χ3v) is 3.94. The standard InChI is InChI=1S/C16H23FN2O/c1-11-8-12(2)10-19(9-11)13(3)16(20)18-15-6-4-14(17)5-7-15/h4-7,11-13H,8-10H2,1-3H3,(H,18,20)/t11-,12-,13-/m0/s1. The zero-order valence-corrected chi connectivity index (χ0v) is 12.4. The van der Waals surface area contributed by atoms with E-state index in [9.17, 15) is 9.18 Å². The third-order valence-electron chi connectivity index (χ3n) is 3.94. The Morgan fingerprint density at radius 1 is 1.25 bits per heavy atom. The first-order valence-electron chi connectivity index (χ1n) is 7.26. The summed E-state index contributed by atoms with van der Waals surface area (Å²) in [4.78, 5) is 14.5. The molecular weight excluding hydrogens is 255 g/mol. The second-order valence-electron chi connectivity index (χ2n) is 6.07. The quantitative estimate of drug-likeness (QED) is 0.921. The Bertz CT molecular complexity index is 450. The molecule has 0 unspecified atom stereocenters. The second-order valence-corrected chi connectivity index (χ2v) is 6.07. The molecular formula is C16H23FN2O. The monoisotopic (exact) mass is 278 g/mol. The van der Waals surface area contributed by atoms with Gasteiger partial charge in [0.1, 0.15) is 5.82 Å². The molecule has 1 N–H and O–H groups in total. The van der Waals surface area contributed by atoms with Crippen LogP contribution in [0.15, 0.2) is 24.3 Å². The van der Waals surface area contributed by atoms with Crippen LogP contribution in [0.3, 0.4) is 0 Å². The minimum atomic E-state index is -0.297. The summed E-state index contributed by atoms with van der Waals surface area (Å²) in [5.74, 6) is 0.923. The molecule has 0 bridgehead atoms.